The van der Waals surface area contributed by atoms with Gasteiger partial charge in [0.25, 0.3) is 0 Å². The van der Waals surface area contributed by atoms with Gasteiger partial charge in [0.1, 0.15) is 17.8 Å². The van der Waals surface area contributed by atoms with E-state index in [4.69, 9.17) is 4.74 Å². The van der Waals surface area contributed by atoms with Gasteiger partial charge < -0.3 is 14.4 Å². The van der Waals surface area contributed by atoms with Crippen LogP contribution < -0.4 is 16.1 Å². The molecule has 4 heterocycles. The molecule has 14 heteroatoms. The second-order valence-corrected chi connectivity index (χ2v) is 11.8. The minimum absolute atomic E-state index is 0.0658. The molecule has 0 radical (unpaired) electrons. The summed E-state index contributed by atoms with van der Waals surface area (Å²) in [6, 6.07) is 10.8. The summed E-state index contributed by atoms with van der Waals surface area (Å²) < 4.78 is 11.5. The Morgan fingerprint density at radius 3 is 2.71 bits per heavy atom. The molecule has 0 bridgehead atoms. The number of ether oxygens (including phenoxy) is 1. The number of H-pyrrole nitrogens is 1. The number of aromatic nitrogens is 9. The topological polar surface area (TPSA) is 167 Å². The summed E-state index contributed by atoms with van der Waals surface area (Å²) in [5.74, 6) is -0.359. The van der Waals surface area contributed by atoms with E-state index >= 15 is 0 Å². The van der Waals surface area contributed by atoms with E-state index in [-0.39, 0.29) is 40.1 Å². The Kier molecular flexibility index (Phi) is 6.83. The fourth-order valence-corrected chi connectivity index (χ4v) is 6.15. The maximum atomic E-state index is 13.4. The number of nitrogens with zero attached hydrogens (tertiary/aromatic N) is 8. The van der Waals surface area contributed by atoms with Gasteiger partial charge in [0.2, 0.25) is 0 Å². The molecule has 1 aliphatic carbocycles. The molecular weight excluding hydrogens is 578 g/mol. The third kappa shape index (κ3) is 4.87. The Balaban J connectivity index is 1.30. The Morgan fingerprint density at radius 2 is 1.93 bits per heavy atom. The molecule has 0 amide bonds. The van der Waals surface area contributed by atoms with Gasteiger partial charge in [-0.1, -0.05) is 31.9 Å². The van der Waals surface area contributed by atoms with Crippen molar-refractivity contribution >= 4 is 22.5 Å². The monoisotopic (exact) mass is 609 g/mol. The van der Waals surface area contributed by atoms with Gasteiger partial charge >= 0.3 is 17.3 Å². The van der Waals surface area contributed by atoms with Gasteiger partial charge in [0, 0.05) is 36.8 Å². The van der Waals surface area contributed by atoms with Gasteiger partial charge in [-0.15, -0.1) is 5.10 Å². The fraction of sp³-hybridized carbons (Fsp3) is 0.323. The summed E-state index contributed by atoms with van der Waals surface area (Å²) in [5, 5.41) is 26.3. The van der Waals surface area contributed by atoms with Crippen molar-refractivity contribution in [3.8, 4) is 28.6 Å². The summed E-state index contributed by atoms with van der Waals surface area (Å²) in [6.07, 6.45) is 8.28. The van der Waals surface area contributed by atoms with Gasteiger partial charge in [-0.05, 0) is 60.6 Å². The number of hydrogen-bond acceptors (Lipinski definition) is 9. The van der Waals surface area contributed by atoms with Crippen molar-refractivity contribution in [3.63, 3.8) is 0 Å². The van der Waals surface area contributed by atoms with Crippen LogP contribution in [0.25, 0.3) is 33.6 Å². The van der Waals surface area contributed by atoms with Crippen molar-refractivity contribution in [2.75, 3.05) is 0 Å². The van der Waals surface area contributed by atoms with E-state index in [2.05, 4.69) is 36.3 Å². The van der Waals surface area contributed by atoms with E-state index in [0.717, 1.165) is 32.9 Å². The number of nitrogens with one attached hydrogen (secondary N) is 1. The summed E-state index contributed by atoms with van der Waals surface area (Å²) in [5.41, 5.74) is 1.13. The summed E-state index contributed by atoms with van der Waals surface area (Å²) >= 11 is 0. The molecule has 230 valence electrons. The minimum Gasteiger partial charge on any atom is -0.508 e. The van der Waals surface area contributed by atoms with Crippen LogP contribution in [0.3, 0.4) is 0 Å². The maximum absolute atomic E-state index is 13.4. The van der Waals surface area contributed by atoms with E-state index in [1.807, 2.05) is 38.1 Å². The van der Waals surface area contributed by atoms with Crippen molar-refractivity contribution in [3.05, 3.63) is 81.1 Å². The zero-order valence-electron chi connectivity index (χ0n) is 25.0. The van der Waals surface area contributed by atoms with Crippen LogP contribution in [0.5, 0.6) is 11.5 Å². The van der Waals surface area contributed by atoms with E-state index in [1.165, 1.54) is 43.4 Å². The molecule has 2 aromatic carbocycles. The van der Waals surface area contributed by atoms with Crippen LogP contribution in [-0.2, 0) is 13.6 Å². The molecule has 6 aromatic rings. The Bertz CT molecular complexity index is 2210. The normalized spacial score (nSPS) is 13.9. The second kappa shape index (κ2) is 10.9. The lowest BCUT2D eigenvalue weighted by Crippen LogP contribution is -2.27. The summed E-state index contributed by atoms with van der Waals surface area (Å²) in [4.78, 5) is 43.0. The quantitative estimate of drug-likeness (QED) is 0.203. The highest BCUT2D eigenvalue weighted by molar-refractivity contribution is 5.96. The number of imidazole rings is 1. The number of phenolic OH excluding ortho intramolecular Hbond substituents is 1. The van der Waals surface area contributed by atoms with Crippen molar-refractivity contribution in [1.29, 1.82) is 0 Å². The summed E-state index contributed by atoms with van der Waals surface area (Å²) in [6.45, 7) is 4.78. The molecule has 45 heavy (non-hydrogen) atoms. The Morgan fingerprint density at radius 1 is 1.13 bits per heavy atom. The molecule has 1 fully saturated rings. The second-order valence-electron chi connectivity index (χ2n) is 11.8. The number of rotatable bonds is 7. The Hall–Kier alpha value is -5.53. The van der Waals surface area contributed by atoms with Gasteiger partial charge in [-0.3, -0.25) is 0 Å². The highest BCUT2D eigenvalue weighted by Crippen LogP contribution is 2.39. The van der Waals surface area contributed by atoms with Crippen LogP contribution >= 0.6 is 0 Å². The van der Waals surface area contributed by atoms with E-state index in [1.54, 1.807) is 6.07 Å². The predicted octanol–water partition coefficient (Wildman–Crippen LogP) is 3.56. The van der Waals surface area contributed by atoms with Crippen LogP contribution in [0.2, 0.25) is 0 Å². The zero-order chi connectivity index (χ0) is 31.4. The Labute approximate surface area is 255 Å². The third-order valence-electron chi connectivity index (χ3n) is 8.50. The molecular formula is C31H31N9O5. The molecule has 4 aromatic heterocycles. The third-order valence-corrected chi connectivity index (χ3v) is 8.50. The molecule has 1 aliphatic rings. The van der Waals surface area contributed by atoms with Crippen molar-refractivity contribution in [2.24, 2.45) is 13.0 Å². The first-order chi connectivity index (χ1) is 21.7. The van der Waals surface area contributed by atoms with Crippen molar-refractivity contribution in [2.45, 2.75) is 52.0 Å². The molecule has 14 nitrogen and oxygen atoms in total. The molecule has 0 aliphatic heterocycles. The van der Waals surface area contributed by atoms with Crippen LogP contribution in [0.4, 0.5) is 0 Å². The number of benzene rings is 2. The van der Waals surface area contributed by atoms with Crippen LogP contribution in [0.15, 0.2) is 58.5 Å². The number of esters is 1. The molecule has 0 saturated heterocycles. The molecule has 7 rings (SSSR count). The van der Waals surface area contributed by atoms with E-state index in [0.29, 0.717) is 17.2 Å². The number of phenols is 1. The van der Waals surface area contributed by atoms with Crippen molar-refractivity contribution < 1.29 is 14.6 Å². The lowest BCUT2D eigenvalue weighted by molar-refractivity contribution is 0.0731. The summed E-state index contributed by atoms with van der Waals surface area (Å²) in [7, 11) is 1.42. The van der Waals surface area contributed by atoms with Crippen molar-refractivity contribution in [1.82, 2.24) is 43.7 Å². The highest BCUT2D eigenvalue weighted by atomic mass is 16.5. The number of aromatic amines is 1. The number of aryl methyl sites for hydroxylation is 1. The molecule has 0 unspecified atom stereocenters. The average molecular weight is 610 g/mol. The zero-order valence-corrected chi connectivity index (χ0v) is 25.0. The van der Waals surface area contributed by atoms with Crippen LogP contribution in [0, 0.1) is 5.92 Å². The largest absolute Gasteiger partial charge is 0.508 e. The number of carbonyl (C=O) groups is 1. The highest BCUT2D eigenvalue weighted by Gasteiger charge is 2.26. The lowest BCUT2D eigenvalue weighted by atomic mass is 9.98. The van der Waals surface area contributed by atoms with Gasteiger partial charge in [-0.2, -0.15) is 9.78 Å². The number of hydrogen-bond donors (Lipinski definition) is 2. The molecule has 0 spiro atoms. The number of fused-ring (bicyclic) bond motifs is 2. The standard InChI is InChI=1S/C31H31N9O5/c1-17(2)21-13-22(25(14-24(21)41)45-29(42)26-28-34-36-37(3)31(44)39(28)16-32-26)27-33-35-30(43)40(27)20-8-9-23-19(12-20)10-11-38(23)15-18-6-4-5-7-18/h8-14,16-18,41H,4-7,15H2,1-3H3,(H,35,43). The number of aromatic hydroxyl groups is 1. The van der Waals surface area contributed by atoms with Crippen LogP contribution in [0.1, 0.15) is 61.5 Å². The first-order valence-electron chi connectivity index (χ1n) is 14.8. The minimum atomic E-state index is -0.938. The van der Waals surface area contributed by atoms with E-state index in [9.17, 15) is 19.5 Å². The van der Waals surface area contributed by atoms with Gasteiger partial charge in [0.15, 0.2) is 17.2 Å². The van der Waals surface area contributed by atoms with Gasteiger partial charge in [-0.25, -0.2) is 33.4 Å². The SMILES string of the molecule is CC(C)c1cc(-c2n[nH]c(=O)n2-c2ccc3c(ccn3CC3CCCC3)c2)c(OC(=O)c2ncn3c(=O)n(C)nnc23)cc1O. The van der Waals surface area contributed by atoms with Gasteiger partial charge in [0.05, 0.1) is 11.3 Å². The first-order valence-corrected chi connectivity index (χ1v) is 14.8. The molecule has 1 saturated carbocycles. The van der Waals surface area contributed by atoms with E-state index < -0.39 is 17.3 Å². The lowest BCUT2D eigenvalue weighted by Gasteiger charge is -2.16. The van der Waals surface area contributed by atoms with Crippen LogP contribution in [-0.4, -0.2) is 54.8 Å². The smallest absolute Gasteiger partial charge is 0.366 e. The molecule has 0 atom stereocenters. The predicted molar refractivity (Wildman–Crippen MR) is 164 cm³/mol. The molecule has 2 N–H and O–H groups in total. The number of carbonyl (C=O) groups excluding carboxylic acids is 1. The first kappa shape index (κ1) is 28.3. The average Bonchev–Trinajstić information content (AvgIpc) is 3.82. The maximum Gasteiger partial charge on any atom is 0.366 e. The fourth-order valence-electron chi connectivity index (χ4n) is 6.15.